The van der Waals surface area contributed by atoms with Crippen LogP contribution >= 0.6 is 0 Å². The van der Waals surface area contributed by atoms with Gasteiger partial charge in [0.15, 0.2) is 0 Å². The van der Waals surface area contributed by atoms with Gasteiger partial charge in [0.2, 0.25) is 0 Å². The fourth-order valence-corrected chi connectivity index (χ4v) is 0.368. The van der Waals surface area contributed by atoms with Crippen LogP contribution < -0.4 is 5.32 Å². The fraction of sp³-hybridized carbons (Fsp3) is 0.857. The molecule has 0 aliphatic carbocycles. The number of rotatable bonds is 5. The van der Waals surface area contributed by atoms with Crippen molar-refractivity contribution in [1.29, 1.82) is 0 Å². The number of hydrogen-bond donors (Lipinski definition) is 1. The summed E-state index contributed by atoms with van der Waals surface area (Å²) in [6, 6.07) is 0. The summed E-state index contributed by atoms with van der Waals surface area (Å²) in [5, 5.41) is 6.82. The molecule has 0 aromatic rings. The Kier molecular flexibility index (Phi) is 6.18. The molecule has 0 fully saturated rings. The highest BCUT2D eigenvalue weighted by molar-refractivity contribution is 5.80. The fourth-order valence-electron chi connectivity index (χ4n) is 0.368. The van der Waals surface area contributed by atoms with E-state index in [-0.39, 0.29) is 0 Å². The van der Waals surface area contributed by atoms with Crippen molar-refractivity contribution in [3.63, 3.8) is 0 Å². The smallest absolute Gasteiger partial charge is 0.129 e. The number of likely N-dealkylation sites (N-methyl/N-ethyl adjacent to an activating group) is 1. The van der Waals surface area contributed by atoms with Gasteiger partial charge in [0, 0.05) is 6.54 Å². The summed E-state index contributed by atoms with van der Waals surface area (Å²) >= 11 is 0. The predicted octanol–water partition coefficient (Wildman–Crippen LogP) is 1.01. The highest BCUT2D eigenvalue weighted by atomic mass is 16.6. The molecule has 0 aromatic heterocycles. The molecular weight excluding hydrogens is 128 g/mol. The summed E-state index contributed by atoms with van der Waals surface area (Å²) in [4.78, 5) is 4.95. The van der Waals surface area contributed by atoms with Crippen LogP contribution in [0.15, 0.2) is 5.16 Å². The zero-order chi connectivity index (χ0) is 7.82. The molecule has 0 saturated carbocycles. The first kappa shape index (κ1) is 9.43. The van der Waals surface area contributed by atoms with Crippen molar-refractivity contribution in [2.24, 2.45) is 5.16 Å². The molecule has 0 radical (unpaired) electrons. The van der Waals surface area contributed by atoms with Crippen LogP contribution in [0.25, 0.3) is 0 Å². The van der Waals surface area contributed by atoms with Crippen molar-refractivity contribution < 1.29 is 4.84 Å². The van der Waals surface area contributed by atoms with Gasteiger partial charge in [-0.15, -0.1) is 0 Å². The van der Waals surface area contributed by atoms with Gasteiger partial charge in [-0.25, -0.2) is 0 Å². The second-order valence-electron chi connectivity index (χ2n) is 2.12. The van der Waals surface area contributed by atoms with E-state index in [0.29, 0.717) is 6.61 Å². The van der Waals surface area contributed by atoms with Crippen LogP contribution in [0.2, 0.25) is 0 Å². The van der Waals surface area contributed by atoms with E-state index in [1.807, 2.05) is 14.0 Å². The van der Waals surface area contributed by atoms with E-state index >= 15 is 0 Å². The van der Waals surface area contributed by atoms with Crippen molar-refractivity contribution in [3.05, 3.63) is 0 Å². The zero-order valence-electron chi connectivity index (χ0n) is 6.98. The lowest BCUT2D eigenvalue weighted by atomic mass is 10.3. The van der Waals surface area contributed by atoms with Gasteiger partial charge in [-0.05, 0) is 20.4 Å². The summed E-state index contributed by atoms with van der Waals surface area (Å²) < 4.78 is 0. The second-order valence-corrected chi connectivity index (χ2v) is 2.12. The molecule has 0 aliphatic rings. The molecule has 60 valence electrons. The number of oxime groups is 1. The van der Waals surface area contributed by atoms with Crippen LogP contribution in [0.5, 0.6) is 0 Å². The van der Waals surface area contributed by atoms with Crippen molar-refractivity contribution in [3.8, 4) is 0 Å². The van der Waals surface area contributed by atoms with E-state index in [2.05, 4.69) is 17.4 Å². The summed E-state index contributed by atoms with van der Waals surface area (Å²) in [5.74, 6) is 0. The third-order valence-electron chi connectivity index (χ3n) is 1.18. The number of nitrogens with one attached hydrogen (secondary N) is 1. The van der Waals surface area contributed by atoms with Crippen LogP contribution in [-0.2, 0) is 4.84 Å². The van der Waals surface area contributed by atoms with Crippen LogP contribution in [0.1, 0.15) is 20.3 Å². The third-order valence-corrected chi connectivity index (χ3v) is 1.18. The molecule has 0 bridgehead atoms. The van der Waals surface area contributed by atoms with Gasteiger partial charge in [-0.2, -0.15) is 0 Å². The third kappa shape index (κ3) is 5.56. The Balaban J connectivity index is 3.16. The van der Waals surface area contributed by atoms with Gasteiger partial charge in [0.05, 0.1) is 5.71 Å². The molecule has 10 heavy (non-hydrogen) atoms. The van der Waals surface area contributed by atoms with Crippen LogP contribution in [-0.4, -0.2) is 25.9 Å². The lowest BCUT2D eigenvalue weighted by Gasteiger charge is -1.98. The van der Waals surface area contributed by atoms with Crippen molar-refractivity contribution in [1.82, 2.24) is 5.32 Å². The van der Waals surface area contributed by atoms with E-state index in [1.54, 1.807) is 0 Å². The molecule has 0 amide bonds. The Morgan fingerprint density at radius 2 is 2.30 bits per heavy atom. The van der Waals surface area contributed by atoms with Crippen LogP contribution in [0.3, 0.4) is 0 Å². The van der Waals surface area contributed by atoms with Gasteiger partial charge in [-0.3, -0.25) is 0 Å². The first-order valence-corrected chi connectivity index (χ1v) is 3.61. The zero-order valence-corrected chi connectivity index (χ0v) is 6.98. The van der Waals surface area contributed by atoms with E-state index in [1.165, 1.54) is 0 Å². The lowest BCUT2D eigenvalue weighted by Crippen LogP contribution is -2.12. The van der Waals surface area contributed by atoms with Crippen LogP contribution in [0.4, 0.5) is 0 Å². The topological polar surface area (TPSA) is 33.6 Å². The minimum Gasteiger partial charge on any atom is -0.395 e. The van der Waals surface area contributed by atoms with E-state index in [0.717, 1.165) is 18.7 Å². The molecule has 0 aliphatic heterocycles. The summed E-state index contributed by atoms with van der Waals surface area (Å²) in [6.45, 7) is 5.51. The number of nitrogens with zero attached hydrogens (tertiary/aromatic N) is 1. The minimum absolute atomic E-state index is 0.647. The van der Waals surface area contributed by atoms with Crippen LogP contribution in [0, 0.1) is 0 Å². The lowest BCUT2D eigenvalue weighted by molar-refractivity contribution is 0.147. The summed E-state index contributed by atoms with van der Waals surface area (Å²) in [5.41, 5.74) is 1.04. The van der Waals surface area contributed by atoms with E-state index in [9.17, 15) is 0 Å². The summed E-state index contributed by atoms with van der Waals surface area (Å²) in [7, 11) is 1.89. The maximum atomic E-state index is 4.95. The monoisotopic (exact) mass is 144 g/mol. The second kappa shape index (κ2) is 6.55. The van der Waals surface area contributed by atoms with Crippen molar-refractivity contribution in [2.45, 2.75) is 20.3 Å². The molecule has 0 spiro atoms. The maximum Gasteiger partial charge on any atom is 0.129 e. The van der Waals surface area contributed by atoms with Gasteiger partial charge in [0.25, 0.3) is 0 Å². The molecule has 0 unspecified atom stereocenters. The SMILES string of the molecule is CC/C(C)=N\OCCNC. The maximum absolute atomic E-state index is 4.95. The van der Waals surface area contributed by atoms with Crippen molar-refractivity contribution >= 4 is 5.71 Å². The normalized spacial score (nSPS) is 11.7. The van der Waals surface area contributed by atoms with Gasteiger partial charge < -0.3 is 10.2 Å². The molecule has 0 atom stereocenters. The average molecular weight is 144 g/mol. The van der Waals surface area contributed by atoms with Gasteiger partial charge in [-0.1, -0.05) is 12.1 Å². The molecule has 0 heterocycles. The minimum atomic E-state index is 0.647. The molecule has 0 saturated heterocycles. The molecule has 0 aromatic carbocycles. The largest absolute Gasteiger partial charge is 0.395 e. The predicted molar refractivity (Wildman–Crippen MR) is 43.3 cm³/mol. The Morgan fingerprint density at radius 3 is 2.80 bits per heavy atom. The van der Waals surface area contributed by atoms with E-state index < -0.39 is 0 Å². The molecule has 3 heteroatoms. The average Bonchev–Trinajstić information content (AvgIpc) is 1.98. The van der Waals surface area contributed by atoms with Gasteiger partial charge >= 0.3 is 0 Å². The Labute approximate surface area is 62.4 Å². The molecule has 0 rings (SSSR count). The first-order valence-electron chi connectivity index (χ1n) is 3.61. The number of hydrogen-bond acceptors (Lipinski definition) is 3. The summed E-state index contributed by atoms with van der Waals surface area (Å²) in [6.07, 6.45) is 0.958. The Bertz CT molecular complexity index is 102. The van der Waals surface area contributed by atoms with Gasteiger partial charge in [0.1, 0.15) is 6.61 Å². The quantitative estimate of drug-likeness (QED) is 0.355. The first-order chi connectivity index (χ1) is 4.81. The Hall–Kier alpha value is -0.570. The highest BCUT2D eigenvalue weighted by Gasteiger charge is 1.84. The molecule has 3 nitrogen and oxygen atoms in total. The molecular formula is C7H16N2O. The Morgan fingerprint density at radius 1 is 1.60 bits per heavy atom. The van der Waals surface area contributed by atoms with Crippen molar-refractivity contribution in [2.75, 3.05) is 20.2 Å². The standard InChI is InChI=1S/C7H16N2O/c1-4-7(2)9-10-6-5-8-3/h8H,4-6H2,1-3H3/b9-7-. The van der Waals surface area contributed by atoms with E-state index in [4.69, 9.17) is 4.84 Å². The highest BCUT2D eigenvalue weighted by Crippen LogP contribution is 1.84. The molecule has 1 N–H and O–H groups in total.